The summed E-state index contributed by atoms with van der Waals surface area (Å²) in [5.74, 6) is 1.69. The van der Waals surface area contributed by atoms with Crippen molar-refractivity contribution < 1.29 is 4.74 Å². The quantitative estimate of drug-likeness (QED) is 0.317. The highest BCUT2D eigenvalue weighted by Crippen LogP contribution is 2.24. The van der Waals surface area contributed by atoms with E-state index >= 15 is 0 Å². The van der Waals surface area contributed by atoms with Gasteiger partial charge in [0.05, 0.1) is 19.3 Å². The lowest BCUT2D eigenvalue weighted by molar-refractivity contribution is 0.415. The molecule has 7 nitrogen and oxygen atoms in total. The van der Waals surface area contributed by atoms with Crippen LogP contribution in [0.2, 0.25) is 0 Å². The Morgan fingerprint density at radius 3 is 2.97 bits per heavy atom. The summed E-state index contributed by atoms with van der Waals surface area (Å²) in [4.78, 5) is 11.4. The van der Waals surface area contributed by atoms with Crippen LogP contribution in [0, 0.1) is 0 Å². The molecule has 1 unspecified atom stereocenters. The van der Waals surface area contributed by atoms with Crippen molar-refractivity contribution in [1.29, 1.82) is 0 Å². The summed E-state index contributed by atoms with van der Waals surface area (Å²) in [6.07, 6.45) is 5.10. The molecule has 1 saturated heterocycles. The molecular weight excluding hydrogens is 479 g/mol. The van der Waals surface area contributed by atoms with E-state index in [2.05, 4.69) is 37.6 Å². The highest BCUT2D eigenvalue weighted by Gasteiger charge is 2.23. The second-order valence-electron chi connectivity index (χ2n) is 6.90. The molecule has 1 aromatic carbocycles. The molecule has 2 aromatic heterocycles. The lowest BCUT2D eigenvalue weighted by Crippen LogP contribution is -2.44. The molecule has 2 N–H and O–H groups in total. The van der Waals surface area contributed by atoms with E-state index in [-0.39, 0.29) is 24.0 Å². The van der Waals surface area contributed by atoms with Gasteiger partial charge < -0.3 is 24.7 Å². The van der Waals surface area contributed by atoms with Gasteiger partial charge in [-0.15, -0.1) is 24.0 Å². The minimum Gasteiger partial charge on any atom is -0.497 e. The molecule has 0 aliphatic carbocycles. The fourth-order valence-electron chi connectivity index (χ4n) is 3.55. The van der Waals surface area contributed by atoms with E-state index in [1.165, 1.54) is 5.69 Å². The van der Waals surface area contributed by atoms with Crippen LogP contribution in [0.3, 0.4) is 0 Å². The first kappa shape index (κ1) is 21.2. The summed E-state index contributed by atoms with van der Waals surface area (Å²) in [6, 6.07) is 14.6. The van der Waals surface area contributed by atoms with Gasteiger partial charge in [0.25, 0.3) is 0 Å². The fraction of sp³-hybridized carbons (Fsp3) is 0.333. The van der Waals surface area contributed by atoms with Gasteiger partial charge in [-0.25, -0.2) is 4.98 Å². The van der Waals surface area contributed by atoms with E-state index in [0.29, 0.717) is 12.6 Å². The Bertz CT molecular complexity index is 939. The van der Waals surface area contributed by atoms with Gasteiger partial charge in [0, 0.05) is 50.3 Å². The Morgan fingerprint density at radius 1 is 1.28 bits per heavy atom. The lowest BCUT2D eigenvalue weighted by Gasteiger charge is -2.20. The minimum absolute atomic E-state index is 0. The van der Waals surface area contributed by atoms with Crippen molar-refractivity contribution in [3.63, 3.8) is 0 Å². The molecule has 0 bridgehead atoms. The molecular formula is C21H27IN6O. The first-order valence-corrected chi connectivity index (χ1v) is 9.54. The predicted octanol–water partition coefficient (Wildman–Crippen LogP) is 2.90. The van der Waals surface area contributed by atoms with Crippen LogP contribution in [0.4, 0.5) is 5.69 Å². The van der Waals surface area contributed by atoms with Crippen LogP contribution in [-0.2, 0) is 6.54 Å². The van der Waals surface area contributed by atoms with E-state index in [1.54, 1.807) is 14.2 Å². The number of anilines is 1. The van der Waals surface area contributed by atoms with E-state index < -0.39 is 0 Å². The molecule has 29 heavy (non-hydrogen) atoms. The van der Waals surface area contributed by atoms with Crippen LogP contribution in [0.25, 0.3) is 5.65 Å². The number of guanidine groups is 1. The first-order chi connectivity index (χ1) is 13.7. The van der Waals surface area contributed by atoms with E-state index in [0.717, 1.165) is 42.6 Å². The van der Waals surface area contributed by atoms with Crippen molar-refractivity contribution in [3.8, 4) is 5.75 Å². The lowest BCUT2D eigenvalue weighted by atomic mass is 10.2. The predicted molar refractivity (Wildman–Crippen MR) is 128 cm³/mol. The van der Waals surface area contributed by atoms with Gasteiger partial charge in [-0.1, -0.05) is 12.1 Å². The van der Waals surface area contributed by atoms with Crippen molar-refractivity contribution in [3.05, 3.63) is 60.6 Å². The van der Waals surface area contributed by atoms with Crippen LogP contribution in [0.1, 0.15) is 12.1 Å². The maximum absolute atomic E-state index is 5.34. The minimum atomic E-state index is 0. The number of rotatable bonds is 5. The number of methoxy groups -OCH3 is 1. The molecule has 8 heteroatoms. The molecule has 0 spiro atoms. The van der Waals surface area contributed by atoms with Crippen molar-refractivity contribution in [1.82, 2.24) is 20.0 Å². The summed E-state index contributed by atoms with van der Waals surface area (Å²) in [5, 5.41) is 6.90. The van der Waals surface area contributed by atoms with Crippen molar-refractivity contribution in [2.24, 2.45) is 4.99 Å². The molecule has 154 valence electrons. The van der Waals surface area contributed by atoms with Crippen LogP contribution < -0.4 is 20.3 Å². The molecule has 0 saturated carbocycles. The van der Waals surface area contributed by atoms with E-state index in [9.17, 15) is 0 Å². The van der Waals surface area contributed by atoms with Crippen molar-refractivity contribution in [2.45, 2.75) is 19.0 Å². The topological polar surface area (TPSA) is 66.2 Å². The van der Waals surface area contributed by atoms with Crippen molar-refractivity contribution >= 4 is 41.3 Å². The van der Waals surface area contributed by atoms with E-state index in [1.807, 2.05) is 47.1 Å². The number of nitrogens with zero attached hydrogens (tertiary/aromatic N) is 4. The zero-order valence-electron chi connectivity index (χ0n) is 16.7. The molecule has 4 rings (SSSR count). The number of hydrogen-bond acceptors (Lipinski definition) is 4. The zero-order valence-corrected chi connectivity index (χ0v) is 19.0. The zero-order chi connectivity index (χ0) is 19.3. The smallest absolute Gasteiger partial charge is 0.191 e. The second-order valence-corrected chi connectivity index (χ2v) is 6.90. The monoisotopic (exact) mass is 506 g/mol. The summed E-state index contributed by atoms with van der Waals surface area (Å²) >= 11 is 0. The standard InChI is InChI=1S/C21H26N6O.HI/c1-22-21(23-13-17-15-27-10-4-3-8-20(27)24-17)25-16-9-11-26(14-16)18-6-5-7-19(12-18)28-2;/h3-8,10,12,15-16H,9,11,13-14H2,1-2H3,(H2,22,23,25);1H. The van der Waals surface area contributed by atoms with Gasteiger partial charge >= 0.3 is 0 Å². The van der Waals surface area contributed by atoms with Crippen LogP contribution in [-0.4, -0.2) is 48.6 Å². The van der Waals surface area contributed by atoms with Gasteiger partial charge in [0.2, 0.25) is 0 Å². The molecule has 1 aliphatic rings. The second kappa shape index (κ2) is 9.82. The summed E-state index contributed by atoms with van der Waals surface area (Å²) in [6.45, 7) is 2.57. The normalized spacial score (nSPS) is 16.6. The first-order valence-electron chi connectivity index (χ1n) is 9.54. The SMILES string of the molecule is CN=C(NCc1cn2ccccc2n1)NC1CCN(c2cccc(OC)c2)C1.I. The average Bonchev–Trinajstić information content (AvgIpc) is 3.37. The molecule has 3 heterocycles. The largest absolute Gasteiger partial charge is 0.497 e. The number of ether oxygens (including phenoxy) is 1. The molecule has 0 amide bonds. The number of aliphatic imine (C=N–C) groups is 1. The Morgan fingerprint density at radius 2 is 2.17 bits per heavy atom. The maximum Gasteiger partial charge on any atom is 0.191 e. The van der Waals surface area contributed by atoms with Gasteiger partial charge in [-0.3, -0.25) is 4.99 Å². The van der Waals surface area contributed by atoms with Crippen LogP contribution >= 0.6 is 24.0 Å². The molecule has 1 fully saturated rings. The summed E-state index contributed by atoms with van der Waals surface area (Å²) < 4.78 is 7.36. The number of benzene rings is 1. The summed E-state index contributed by atoms with van der Waals surface area (Å²) in [5.41, 5.74) is 3.13. The molecule has 3 aromatic rings. The fourth-order valence-corrected chi connectivity index (χ4v) is 3.55. The highest BCUT2D eigenvalue weighted by molar-refractivity contribution is 14.0. The number of hydrogen-bond donors (Lipinski definition) is 2. The Kier molecular flexibility index (Phi) is 7.18. The number of halogens is 1. The number of fused-ring (bicyclic) bond motifs is 1. The Hall–Kier alpha value is -2.49. The molecule has 1 atom stereocenters. The molecule has 1 aliphatic heterocycles. The van der Waals surface area contributed by atoms with E-state index in [4.69, 9.17) is 4.74 Å². The number of aromatic nitrogens is 2. The number of pyridine rings is 1. The third-order valence-electron chi connectivity index (χ3n) is 5.02. The average molecular weight is 506 g/mol. The van der Waals surface area contributed by atoms with Gasteiger partial charge in [0.15, 0.2) is 5.96 Å². The Labute approximate surface area is 188 Å². The van der Waals surface area contributed by atoms with Crippen molar-refractivity contribution in [2.75, 3.05) is 32.1 Å². The van der Waals surface area contributed by atoms with Crippen LogP contribution in [0.15, 0.2) is 59.9 Å². The highest BCUT2D eigenvalue weighted by atomic mass is 127. The third kappa shape index (κ3) is 5.11. The summed E-state index contributed by atoms with van der Waals surface area (Å²) in [7, 11) is 3.50. The van der Waals surface area contributed by atoms with Crippen LogP contribution in [0.5, 0.6) is 5.75 Å². The van der Waals surface area contributed by atoms with Gasteiger partial charge in [-0.2, -0.15) is 0 Å². The maximum atomic E-state index is 5.34. The van der Waals surface area contributed by atoms with Gasteiger partial charge in [-0.05, 0) is 30.7 Å². The number of nitrogens with one attached hydrogen (secondary N) is 2. The third-order valence-corrected chi connectivity index (χ3v) is 5.02. The molecule has 0 radical (unpaired) electrons. The van der Waals surface area contributed by atoms with Gasteiger partial charge in [0.1, 0.15) is 11.4 Å². The number of imidazole rings is 1. The Balaban J connectivity index is 0.00000240.